The molecule has 1 aromatic heterocycles. The number of phosphoric acid groups is 2. The number of aromatic amines is 1. The number of carbonyl (C=O) groups is 1. The third kappa shape index (κ3) is 7.22. The number of hydrogen-bond acceptors (Lipinski definition) is 15. The first-order valence-corrected chi connectivity index (χ1v) is 13.9. The molecule has 3 rings (SSSR count). The lowest BCUT2D eigenvalue weighted by molar-refractivity contribution is -0.475. The Morgan fingerprint density at radius 2 is 1.84 bits per heavy atom. The van der Waals surface area contributed by atoms with Crippen LogP contribution in [-0.4, -0.2) is 86.3 Å². The van der Waals surface area contributed by atoms with Crippen molar-refractivity contribution in [3.05, 3.63) is 33.1 Å². The molecule has 2 aliphatic heterocycles. The van der Waals surface area contributed by atoms with Crippen molar-refractivity contribution in [2.24, 2.45) is 0 Å². The van der Waals surface area contributed by atoms with Crippen molar-refractivity contribution in [2.45, 2.75) is 69.0 Å². The Morgan fingerprint density at radius 1 is 1.18 bits per heavy atom. The number of nitrogens with zero attached hydrogens (tertiary/aromatic N) is 1. The molecule has 2 aliphatic rings. The summed E-state index contributed by atoms with van der Waals surface area (Å²) in [5.74, 6) is -0.688. The zero-order valence-corrected chi connectivity index (χ0v) is 21.6. The van der Waals surface area contributed by atoms with Gasteiger partial charge in [-0.15, -0.1) is 0 Å². The lowest BCUT2D eigenvalue weighted by Gasteiger charge is -2.42. The summed E-state index contributed by atoms with van der Waals surface area (Å²) in [5.41, 5.74) is 1.91. The highest BCUT2D eigenvalue weighted by molar-refractivity contribution is 7.59. The maximum atomic E-state index is 12.3. The molecule has 216 valence electrons. The van der Waals surface area contributed by atoms with Gasteiger partial charge in [-0.1, -0.05) is 0 Å². The Hall–Kier alpha value is -1.83. The fourth-order valence-corrected chi connectivity index (χ4v) is 5.85. The van der Waals surface area contributed by atoms with E-state index in [0.717, 1.165) is 23.8 Å². The molecule has 19 nitrogen and oxygen atoms in total. The highest BCUT2D eigenvalue weighted by Crippen LogP contribution is 2.57. The van der Waals surface area contributed by atoms with E-state index in [1.165, 1.54) is 6.92 Å². The first-order chi connectivity index (χ1) is 17.5. The fourth-order valence-electron chi connectivity index (χ4n) is 3.76. The second-order valence-electron chi connectivity index (χ2n) is 8.53. The van der Waals surface area contributed by atoms with Crippen molar-refractivity contribution in [2.75, 3.05) is 6.61 Å². The van der Waals surface area contributed by atoms with Crippen LogP contribution in [0.4, 0.5) is 0 Å². The summed E-state index contributed by atoms with van der Waals surface area (Å²) in [6.45, 7) is 1.43. The van der Waals surface area contributed by atoms with E-state index in [4.69, 9.17) is 9.47 Å². The number of H-pyrrole nitrogens is 1. The number of rotatable bonds is 9. The van der Waals surface area contributed by atoms with Gasteiger partial charge >= 0.3 is 5.69 Å². The van der Waals surface area contributed by atoms with Gasteiger partial charge in [-0.2, -0.15) is 0 Å². The van der Waals surface area contributed by atoms with E-state index in [1.807, 2.05) is 4.98 Å². The molecule has 11 atom stereocenters. The van der Waals surface area contributed by atoms with Crippen molar-refractivity contribution in [1.82, 2.24) is 14.9 Å². The van der Waals surface area contributed by atoms with Crippen LogP contribution in [0.2, 0.25) is 0 Å². The number of amides is 1. The third-order valence-electron chi connectivity index (χ3n) is 5.71. The Bertz CT molecular complexity index is 1220. The molecule has 2 saturated heterocycles. The summed E-state index contributed by atoms with van der Waals surface area (Å²) >= 11 is 0. The first-order valence-electron chi connectivity index (χ1n) is 10.9. The van der Waals surface area contributed by atoms with E-state index in [2.05, 4.69) is 24.4 Å². The molecule has 8 N–H and O–H groups in total. The Labute approximate surface area is 213 Å². The van der Waals surface area contributed by atoms with Gasteiger partial charge < -0.3 is 50.2 Å². The predicted molar refractivity (Wildman–Crippen MR) is 115 cm³/mol. The van der Waals surface area contributed by atoms with E-state index in [0.29, 0.717) is 0 Å². The number of aliphatic hydroxyl groups is 3. The van der Waals surface area contributed by atoms with Gasteiger partial charge in [-0.05, 0) is 6.92 Å². The molecular weight excluding hydrogens is 562 g/mol. The lowest BCUT2D eigenvalue weighted by atomic mass is 9.96. The summed E-state index contributed by atoms with van der Waals surface area (Å²) in [6.07, 6.45) is -9.95. The number of hydrogen-bond donors (Lipinski definition) is 6. The maximum absolute atomic E-state index is 12.3. The monoisotopic (exact) mass is 589 g/mol. The van der Waals surface area contributed by atoms with Crippen molar-refractivity contribution in [3.63, 3.8) is 0 Å². The number of nitrogens with one attached hydrogen (secondary N) is 2. The van der Waals surface area contributed by atoms with Gasteiger partial charge in [0.05, 0.1) is 6.61 Å². The average Bonchev–Trinajstić information content (AvgIpc) is 3.06. The zero-order chi connectivity index (χ0) is 28.6. The second-order valence-corrected chi connectivity index (χ2v) is 11.4. The SMILES string of the molecule is CC(=O)N[C@H]1[C@@H](OP(=O)([O-])OP(=O)([O-])OC[C@H]2O[C@@H](n3ccc(=O)[nH]c3=O)[C@H](O)[C@@H]2O)O[C@H](C)[C@H]([NH3+])[C@@H]1O. The van der Waals surface area contributed by atoms with Crippen LogP contribution in [0.15, 0.2) is 21.9 Å². The van der Waals surface area contributed by atoms with Crippen molar-refractivity contribution < 1.29 is 67.6 Å². The molecule has 1 aromatic rings. The number of carbonyl (C=O) groups excluding carboxylic acids is 1. The van der Waals surface area contributed by atoms with Crippen LogP contribution >= 0.6 is 15.6 Å². The summed E-state index contributed by atoms with van der Waals surface area (Å²) in [4.78, 5) is 61.0. The van der Waals surface area contributed by atoms with E-state index in [1.54, 1.807) is 0 Å². The predicted octanol–water partition coefficient (Wildman–Crippen LogP) is -5.64. The molecule has 0 aliphatic carbocycles. The van der Waals surface area contributed by atoms with Crippen LogP contribution in [-0.2, 0) is 36.8 Å². The van der Waals surface area contributed by atoms with Gasteiger partial charge in [0.2, 0.25) is 5.91 Å². The summed E-state index contributed by atoms with van der Waals surface area (Å²) < 4.78 is 48.9. The Balaban J connectivity index is 1.64. The molecular formula is C17H27N4O15P2-. The molecule has 38 heavy (non-hydrogen) atoms. The van der Waals surface area contributed by atoms with Gasteiger partial charge in [0.1, 0.15) is 42.6 Å². The third-order valence-corrected chi connectivity index (χ3v) is 8.25. The normalized spacial score (nSPS) is 36.8. The molecule has 0 spiro atoms. The summed E-state index contributed by atoms with van der Waals surface area (Å²) in [6, 6.07) is -1.33. The van der Waals surface area contributed by atoms with Crippen LogP contribution in [0, 0.1) is 0 Å². The molecule has 2 unspecified atom stereocenters. The van der Waals surface area contributed by atoms with Crippen LogP contribution < -0.4 is 32.1 Å². The van der Waals surface area contributed by atoms with Crippen LogP contribution in [0.3, 0.4) is 0 Å². The molecule has 3 heterocycles. The standard InChI is InChI=1S/C17H28N4O15P2/c1-6-10(18)13(25)11(19-7(2)22)16(33-6)35-38(30,31)36-37(28,29)32-5-8-12(24)14(26)15(34-8)21-4-3-9(23)20-17(21)27/h3-4,6,8,10-16,24-26H,5,18H2,1-2H3,(H,19,22)(H,28,29)(H,30,31)(H,20,23,27)/p-1/t6-,8-,10+,11-,12-,13+,14-,15-,16-/m1/s1. The van der Waals surface area contributed by atoms with E-state index in [-0.39, 0.29) is 0 Å². The number of phosphoric ester groups is 2. The minimum Gasteiger partial charge on any atom is -0.756 e. The Kier molecular flexibility index (Phi) is 9.48. The van der Waals surface area contributed by atoms with Crippen LogP contribution in [0.1, 0.15) is 20.1 Å². The molecule has 0 aromatic carbocycles. The van der Waals surface area contributed by atoms with Gasteiger partial charge in [0, 0.05) is 19.2 Å². The zero-order valence-electron chi connectivity index (χ0n) is 19.8. The molecule has 0 radical (unpaired) electrons. The molecule has 0 bridgehead atoms. The molecule has 0 saturated carbocycles. The Morgan fingerprint density at radius 3 is 2.45 bits per heavy atom. The number of ether oxygens (including phenoxy) is 2. The quantitative estimate of drug-likeness (QED) is 0.146. The smallest absolute Gasteiger partial charge is 0.330 e. The largest absolute Gasteiger partial charge is 0.756 e. The molecule has 1 amide bonds. The van der Waals surface area contributed by atoms with E-state index < -0.39 is 94.5 Å². The van der Waals surface area contributed by atoms with Crippen LogP contribution in [0.25, 0.3) is 0 Å². The lowest BCUT2D eigenvalue weighted by Crippen LogP contribution is -2.78. The van der Waals surface area contributed by atoms with Gasteiger partial charge in [0.25, 0.3) is 21.2 Å². The van der Waals surface area contributed by atoms with Gasteiger partial charge in [0.15, 0.2) is 12.5 Å². The minimum atomic E-state index is -5.79. The highest BCUT2D eigenvalue weighted by atomic mass is 31.3. The van der Waals surface area contributed by atoms with Crippen molar-refractivity contribution in [3.8, 4) is 0 Å². The van der Waals surface area contributed by atoms with Crippen molar-refractivity contribution >= 4 is 21.6 Å². The summed E-state index contributed by atoms with van der Waals surface area (Å²) in [5, 5.41) is 32.9. The molecule has 21 heteroatoms. The second kappa shape index (κ2) is 11.7. The number of quaternary nitrogens is 1. The van der Waals surface area contributed by atoms with E-state index in [9.17, 15) is 48.6 Å². The fraction of sp³-hybridized carbons (Fsp3) is 0.706. The van der Waals surface area contributed by atoms with Gasteiger partial charge in [-0.25, -0.2) is 9.11 Å². The number of aliphatic hydroxyl groups excluding tert-OH is 3. The molecule has 2 fully saturated rings. The summed E-state index contributed by atoms with van der Waals surface area (Å²) in [7, 11) is -11.5. The number of aromatic nitrogens is 2. The average molecular weight is 589 g/mol. The van der Waals surface area contributed by atoms with E-state index >= 15 is 0 Å². The minimum absolute atomic E-state index is 0.688. The maximum Gasteiger partial charge on any atom is 0.330 e. The van der Waals surface area contributed by atoms with Gasteiger partial charge in [-0.3, -0.25) is 32.8 Å². The highest BCUT2D eigenvalue weighted by Gasteiger charge is 2.47. The van der Waals surface area contributed by atoms with Crippen LogP contribution in [0.5, 0.6) is 0 Å². The first kappa shape index (κ1) is 30.7. The van der Waals surface area contributed by atoms with Crippen molar-refractivity contribution in [1.29, 1.82) is 0 Å². The topological polar surface area (TPSA) is 299 Å².